The molecule has 1 aliphatic heterocycles. The molecule has 4 rings (SSSR count). The van der Waals surface area contributed by atoms with Gasteiger partial charge in [0.15, 0.2) is 0 Å². The van der Waals surface area contributed by atoms with Crippen molar-refractivity contribution in [3.63, 3.8) is 0 Å². The second kappa shape index (κ2) is 7.87. The van der Waals surface area contributed by atoms with E-state index in [2.05, 4.69) is 41.8 Å². The second-order valence-corrected chi connectivity index (χ2v) is 7.06. The first-order chi connectivity index (χ1) is 14.0. The van der Waals surface area contributed by atoms with Crippen LogP contribution in [0.1, 0.15) is 33.9 Å². The molecule has 1 unspecified atom stereocenters. The van der Waals surface area contributed by atoms with Crippen LogP contribution >= 0.6 is 0 Å². The fourth-order valence-corrected chi connectivity index (χ4v) is 3.50. The number of carbonyl (C=O) groups excluding carboxylic acids is 1. The van der Waals surface area contributed by atoms with Crippen molar-refractivity contribution in [2.45, 2.75) is 19.4 Å². The molecule has 0 radical (unpaired) electrons. The Bertz CT molecular complexity index is 1060. The molecule has 1 aliphatic rings. The Morgan fingerprint density at radius 2 is 1.76 bits per heavy atom. The molecule has 0 spiro atoms. The summed E-state index contributed by atoms with van der Waals surface area (Å²) in [6.07, 6.45) is 5.04. The Labute approximate surface area is 168 Å². The highest BCUT2D eigenvalue weighted by atomic mass is 19.1. The van der Waals surface area contributed by atoms with Gasteiger partial charge in [0, 0.05) is 5.69 Å². The summed E-state index contributed by atoms with van der Waals surface area (Å²) in [5.74, 6) is -2.59. The van der Waals surface area contributed by atoms with Gasteiger partial charge in [0.2, 0.25) is 0 Å². The smallest absolute Gasteiger partial charge is 0.261 e. The van der Waals surface area contributed by atoms with Crippen LogP contribution in [0.5, 0.6) is 0 Å². The zero-order valence-corrected chi connectivity index (χ0v) is 15.9. The molecule has 3 aromatic rings. The van der Waals surface area contributed by atoms with E-state index in [0.29, 0.717) is 5.69 Å². The third kappa shape index (κ3) is 3.90. The maximum Gasteiger partial charge on any atom is 0.261 e. The number of hydrogen-bond donors (Lipinski definition) is 2. The number of amides is 1. The van der Waals surface area contributed by atoms with Crippen molar-refractivity contribution in [3.05, 3.63) is 101 Å². The van der Waals surface area contributed by atoms with Gasteiger partial charge in [0.05, 0.1) is 6.04 Å². The molecule has 146 valence electrons. The average molecular weight is 390 g/mol. The highest BCUT2D eigenvalue weighted by molar-refractivity contribution is 6.04. The molecule has 0 saturated heterocycles. The maximum atomic E-state index is 13.8. The molecule has 29 heavy (non-hydrogen) atoms. The van der Waals surface area contributed by atoms with E-state index in [-0.39, 0.29) is 6.04 Å². The van der Waals surface area contributed by atoms with Gasteiger partial charge in [-0.1, -0.05) is 36.4 Å². The lowest BCUT2D eigenvalue weighted by Crippen LogP contribution is -2.15. The van der Waals surface area contributed by atoms with Crippen molar-refractivity contribution in [1.82, 2.24) is 5.32 Å². The number of aryl methyl sites for hydroxylation is 1. The SMILES string of the molecule is Cc1ccc(C2CC=CN2)cc1-c1ccc(NC(=O)c2c(F)cccc2F)cc1. The number of hydrogen-bond acceptors (Lipinski definition) is 2. The first-order valence-electron chi connectivity index (χ1n) is 9.40. The molecule has 1 atom stereocenters. The first kappa shape index (κ1) is 18.9. The summed E-state index contributed by atoms with van der Waals surface area (Å²) in [5.41, 5.74) is 4.35. The topological polar surface area (TPSA) is 41.1 Å². The molecular formula is C24H20F2N2O. The van der Waals surface area contributed by atoms with Gasteiger partial charge in [0.25, 0.3) is 5.91 Å². The lowest BCUT2D eigenvalue weighted by Gasteiger charge is -2.15. The lowest BCUT2D eigenvalue weighted by atomic mass is 9.95. The van der Waals surface area contributed by atoms with Crippen LogP contribution in [0, 0.1) is 18.6 Å². The Hall–Kier alpha value is -3.47. The summed E-state index contributed by atoms with van der Waals surface area (Å²) in [6.45, 7) is 2.05. The minimum absolute atomic E-state index is 0.281. The summed E-state index contributed by atoms with van der Waals surface area (Å²) in [7, 11) is 0. The van der Waals surface area contributed by atoms with Gasteiger partial charge in [-0.25, -0.2) is 8.78 Å². The van der Waals surface area contributed by atoms with Gasteiger partial charge in [-0.2, -0.15) is 0 Å². The largest absolute Gasteiger partial charge is 0.384 e. The van der Waals surface area contributed by atoms with Gasteiger partial charge >= 0.3 is 0 Å². The van der Waals surface area contributed by atoms with Crippen LogP contribution in [0.15, 0.2) is 72.9 Å². The van der Waals surface area contributed by atoms with E-state index in [4.69, 9.17) is 0 Å². The highest BCUT2D eigenvalue weighted by Crippen LogP contribution is 2.30. The predicted octanol–water partition coefficient (Wildman–Crippen LogP) is 5.74. The van der Waals surface area contributed by atoms with Gasteiger partial charge in [0.1, 0.15) is 17.2 Å². The van der Waals surface area contributed by atoms with Gasteiger partial charge < -0.3 is 10.6 Å². The van der Waals surface area contributed by atoms with Crippen molar-refractivity contribution in [2.75, 3.05) is 5.32 Å². The maximum absolute atomic E-state index is 13.8. The molecule has 3 nitrogen and oxygen atoms in total. The number of nitrogens with one attached hydrogen (secondary N) is 2. The minimum Gasteiger partial charge on any atom is -0.384 e. The third-order valence-electron chi connectivity index (χ3n) is 5.09. The van der Waals surface area contributed by atoms with Crippen molar-refractivity contribution >= 4 is 11.6 Å². The molecule has 5 heteroatoms. The molecule has 0 fully saturated rings. The number of carbonyl (C=O) groups is 1. The molecule has 0 aromatic heterocycles. The third-order valence-corrected chi connectivity index (χ3v) is 5.09. The van der Waals surface area contributed by atoms with E-state index in [1.165, 1.54) is 11.6 Å². The van der Waals surface area contributed by atoms with Crippen LogP contribution in [0.3, 0.4) is 0 Å². The van der Waals surface area contributed by atoms with Crippen LogP contribution in [-0.2, 0) is 0 Å². The molecule has 2 N–H and O–H groups in total. The van der Waals surface area contributed by atoms with E-state index >= 15 is 0 Å². The van der Waals surface area contributed by atoms with E-state index in [9.17, 15) is 13.6 Å². The van der Waals surface area contributed by atoms with E-state index < -0.39 is 23.1 Å². The Balaban J connectivity index is 1.55. The zero-order chi connectivity index (χ0) is 20.4. The predicted molar refractivity (Wildman–Crippen MR) is 111 cm³/mol. The number of halogens is 2. The van der Waals surface area contributed by atoms with Crippen molar-refractivity contribution < 1.29 is 13.6 Å². The van der Waals surface area contributed by atoms with Crippen LogP contribution < -0.4 is 10.6 Å². The van der Waals surface area contributed by atoms with Gasteiger partial charge in [-0.3, -0.25) is 4.79 Å². The van der Waals surface area contributed by atoms with Crippen molar-refractivity contribution in [1.29, 1.82) is 0 Å². The van der Waals surface area contributed by atoms with E-state index in [0.717, 1.165) is 35.2 Å². The number of rotatable bonds is 4. The summed E-state index contributed by atoms with van der Waals surface area (Å²) < 4.78 is 27.6. The van der Waals surface area contributed by atoms with Crippen molar-refractivity contribution in [3.8, 4) is 11.1 Å². The monoisotopic (exact) mass is 390 g/mol. The van der Waals surface area contributed by atoms with Gasteiger partial charge in [-0.15, -0.1) is 0 Å². The fraction of sp³-hybridized carbons (Fsp3) is 0.125. The highest BCUT2D eigenvalue weighted by Gasteiger charge is 2.17. The molecule has 1 heterocycles. The Morgan fingerprint density at radius 1 is 1.03 bits per heavy atom. The van der Waals surface area contributed by atoms with Crippen LogP contribution in [0.25, 0.3) is 11.1 Å². The Kier molecular flexibility index (Phi) is 5.12. The number of anilines is 1. The Morgan fingerprint density at radius 3 is 2.41 bits per heavy atom. The molecular weight excluding hydrogens is 370 g/mol. The van der Waals surface area contributed by atoms with Crippen LogP contribution in [0.4, 0.5) is 14.5 Å². The first-order valence-corrected chi connectivity index (χ1v) is 9.40. The summed E-state index contributed by atoms with van der Waals surface area (Å²) in [6, 6.07) is 17.3. The molecule has 0 aliphatic carbocycles. The molecule has 0 saturated carbocycles. The second-order valence-electron chi connectivity index (χ2n) is 7.06. The minimum atomic E-state index is -0.887. The summed E-state index contributed by atoms with van der Waals surface area (Å²) in [4.78, 5) is 12.3. The van der Waals surface area contributed by atoms with Gasteiger partial charge in [-0.05, 0) is 72.1 Å². The van der Waals surface area contributed by atoms with Crippen LogP contribution in [0.2, 0.25) is 0 Å². The lowest BCUT2D eigenvalue weighted by molar-refractivity contribution is 0.101. The van der Waals surface area contributed by atoms with Crippen LogP contribution in [-0.4, -0.2) is 5.91 Å². The zero-order valence-electron chi connectivity index (χ0n) is 15.9. The van der Waals surface area contributed by atoms with Crippen molar-refractivity contribution in [2.24, 2.45) is 0 Å². The summed E-state index contributed by atoms with van der Waals surface area (Å²) >= 11 is 0. The number of benzene rings is 3. The van der Waals surface area contributed by atoms with E-state index in [1.54, 1.807) is 12.1 Å². The summed E-state index contributed by atoms with van der Waals surface area (Å²) in [5, 5.41) is 5.89. The fourth-order valence-electron chi connectivity index (χ4n) is 3.50. The quantitative estimate of drug-likeness (QED) is 0.596. The standard InChI is InChI=1S/C24H20F2N2O/c1-15-7-8-17(22-6-3-13-27-22)14-19(15)16-9-11-18(12-10-16)28-24(29)23-20(25)4-2-5-21(23)26/h2-5,7-14,22,27H,6H2,1H3,(H,28,29). The molecule has 0 bridgehead atoms. The van der Waals surface area contributed by atoms with E-state index in [1.807, 2.05) is 18.3 Å². The molecule has 1 amide bonds. The normalized spacial score (nSPS) is 15.2. The molecule has 3 aromatic carbocycles. The average Bonchev–Trinajstić information content (AvgIpc) is 3.24.